The maximum atomic E-state index is 5.52. The number of aromatic nitrogens is 4. The zero-order chi connectivity index (χ0) is 10.7. The predicted molar refractivity (Wildman–Crippen MR) is 56.5 cm³/mol. The Kier molecular flexibility index (Phi) is 3.12. The van der Waals surface area contributed by atoms with Crippen LogP contribution in [0.4, 0.5) is 5.95 Å². The van der Waals surface area contributed by atoms with Crippen molar-refractivity contribution in [1.29, 1.82) is 0 Å². The van der Waals surface area contributed by atoms with Crippen LogP contribution in [-0.4, -0.2) is 64.4 Å². The van der Waals surface area contributed by atoms with Gasteiger partial charge in [-0.05, 0) is 10.4 Å². The Morgan fingerprint density at radius 3 is 2.53 bits per heavy atom. The first-order valence-corrected chi connectivity index (χ1v) is 5.21. The molecule has 0 aromatic carbocycles. The molecule has 1 aromatic rings. The molecule has 2 rings (SSSR count). The number of nitrogens with two attached hydrogens (primary N) is 1. The molecule has 0 bridgehead atoms. The number of hydrogen-bond donors (Lipinski definition) is 1. The topological polar surface area (TPSA) is 76.1 Å². The second kappa shape index (κ2) is 4.54. The molecule has 2 N–H and O–H groups in total. The number of anilines is 1. The molecule has 0 saturated carbocycles. The smallest absolute Gasteiger partial charge is 0.245 e. The first kappa shape index (κ1) is 10.3. The Hall–Kier alpha value is -1.21. The highest BCUT2D eigenvalue weighted by molar-refractivity contribution is 5.28. The summed E-state index contributed by atoms with van der Waals surface area (Å²) in [7, 11) is 1.86. The van der Waals surface area contributed by atoms with Crippen molar-refractivity contribution in [2.45, 2.75) is 0 Å². The molecule has 1 aliphatic rings. The van der Waals surface area contributed by atoms with E-state index in [-0.39, 0.29) is 0 Å². The average Bonchev–Trinajstić information content (AvgIpc) is 2.66. The fraction of sp³-hybridized carbons (Fsp3) is 0.875. The molecule has 0 aliphatic carbocycles. The van der Waals surface area contributed by atoms with E-state index in [4.69, 9.17) is 5.73 Å². The molecule has 15 heavy (non-hydrogen) atoms. The van der Waals surface area contributed by atoms with Crippen LogP contribution in [0.5, 0.6) is 0 Å². The number of piperazine rings is 1. The van der Waals surface area contributed by atoms with Crippen LogP contribution in [0.2, 0.25) is 0 Å². The molecule has 1 aliphatic heterocycles. The van der Waals surface area contributed by atoms with Crippen molar-refractivity contribution >= 4 is 5.95 Å². The third kappa shape index (κ3) is 2.24. The van der Waals surface area contributed by atoms with Crippen molar-refractivity contribution in [3.63, 3.8) is 0 Å². The van der Waals surface area contributed by atoms with E-state index < -0.39 is 0 Å². The minimum Gasteiger partial charge on any atom is -0.337 e. The Balaban J connectivity index is 1.91. The van der Waals surface area contributed by atoms with E-state index in [2.05, 4.69) is 25.3 Å². The number of aryl methyl sites for hydroxylation is 1. The van der Waals surface area contributed by atoms with Gasteiger partial charge in [-0.25, -0.2) is 4.68 Å². The lowest BCUT2D eigenvalue weighted by Crippen LogP contribution is -2.48. The molecule has 0 atom stereocenters. The lowest BCUT2D eigenvalue weighted by molar-refractivity contribution is 0.263. The van der Waals surface area contributed by atoms with Gasteiger partial charge in [-0.1, -0.05) is 5.10 Å². The summed E-state index contributed by atoms with van der Waals surface area (Å²) in [5.41, 5.74) is 5.52. The molecular weight excluding hydrogens is 194 g/mol. The van der Waals surface area contributed by atoms with Gasteiger partial charge in [-0.3, -0.25) is 4.90 Å². The molecule has 2 heterocycles. The highest BCUT2D eigenvalue weighted by atomic mass is 15.6. The predicted octanol–water partition coefficient (Wildman–Crippen LogP) is -1.71. The number of rotatable bonds is 3. The summed E-state index contributed by atoms with van der Waals surface area (Å²) in [5.74, 6) is 0.849. The van der Waals surface area contributed by atoms with E-state index in [0.29, 0.717) is 0 Å². The zero-order valence-electron chi connectivity index (χ0n) is 9.00. The Morgan fingerprint density at radius 1 is 1.27 bits per heavy atom. The van der Waals surface area contributed by atoms with E-state index in [1.54, 1.807) is 4.68 Å². The summed E-state index contributed by atoms with van der Waals surface area (Å²) < 4.78 is 1.71. The van der Waals surface area contributed by atoms with Gasteiger partial charge in [0.05, 0.1) is 0 Å². The van der Waals surface area contributed by atoms with Gasteiger partial charge in [-0.2, -0.15) is 0 Å². The standard InChI is InChI=1S/C8H17N7/c1-13-8(10-11-12-13)15-6-4-14(3-2-9)5-7-15/h2-7,9H2,1H3. The zero-order valence-corrected chi connectivity index (χ0v) is 9.00. The van der Waals surface area contributed by atoms with Gasteiger partial charge in [0, 0.05) is 46.3 Å². The van der Waals surface area contributed by atoms with Crippen LogP contribution in [0.1, 0.15) is 0 Å². The van der Waals surface area contributed by atoms with Crippen LogP contribution in [0, 0.1) is 0 Å². The van der Waals surface area contributed by atoms with Gasteiger partial charge in [0.2, 0.25) is 5.95 Å². The van der Waals surface area contributed by atoms with Gasteiger partial charge in [0.25, 0.3) is 0 Å². The fourth-order valence-electron chi connectivity index (χ4n) is 1.85. The molecule has 0 spiro atoms. The molecule has 1 fully saturated rings. The maximum Gasteiger partial charge on any atom is 0.245 e. The summed E-state index contributed by atoms with van der Waals surface area (Å²) in [6.45, 7) is 5.70. The molecule has 0 unspecified atom stereocenters. The Morgan fingerprint density at radius 2 is 2.00 bits per heavy atom. The van der Waals surface area contributed by atoms with Crippen molar-refractivity contribution in [2.24, 2.45) is 12.8 Å². The summed E-state index contributed by atoms with van der Waals surface area (Å²) in [6.07, 6.45) is 0. The van der Waals surface area contributed by atoms with Gasteiger partial charge in [0.1, 0.15) is 0 Å². The molecule has 0 radical (unpaired) electrons. The third-order valence-electron chi connectivity index (χ3n) is 2.70. The quantitative estimate of drug-likeness (QED) is 0.641. The second-order valence-electron chi connectivity index (χ2n) is 3.72. The molecule has 7 nitrogen and oxygen atoms in total. The third-order valence-corrected chi connectivity index (χ3v) is 2.70. The monoisotopic (exact) mass is 211 g/mol. The van der Waals surface area contributed by atoms with E-state index in [1.165, 1.54) is 0 Å². The van der Waals surface area contributed by atoms with Gasteiger partial charge < -0.3 is 10.6 Å². The van der Waals surface area contributed by atoms with Crippen LogP contribution in [0.25, 0.3) is 0 Å². The van der Waals surface area contributed by atoms with Crippen molar-refractivity contribution in [3.8, 4) is 0 Å². The largest absolute Gasteiger partial charge is 0.337 e. The van der Waals surface area contributed by atoms with Crippen LogP contribution in [-0.2, 0) is 7.05 Å². The maximum absolute atomic E-state index is 5.52. The van der Waals surface area contributed by atoms with Crippen LogP contribution in [0.3, 0.4) is 0 Å². The van der Waals surface area contributed by atoms with Gasteiger partial charge in [-0.15, -0.1) is 0 Å². The summed E-state index contributed by atoms with van der Waals surface area (Å²) in [5, 5.41) is 11.5. The van der Waals surface area contributed by atoms with Crippen LogP contribution < -0.4 is 10.6 Å². The average molecular weight is 211 g/mol. The summed E-state index contributed by atoms with van der Waals surface area (Å²) in [4.78, 5) is 4.56. The lowest BCUT2D eigenvalue weighted by Gasteiger charge is -2.34. The molecule has 1 aromatic heterocycles. The minimum absolute atomic E-state index is 0.728. The van der Waals surface area contributed by atoms with Gasteiger partial charge in [0.15, 0.2) is 0 Å². The Bertz CT molecular complexity index is 302. The van der Waals surface area contributed by atoms with Crippen LogP contribution >= 0.6 is 0 Å². The van der Waals surface area contributed by atoms with E-state index >= 15 is 0 Å². The highest BCUT2D eigenvalue weighted by Crippen LogP contribution is 2.09. The van der Waals surface area contributed by atoms with Crippen molar-refractivity contribution < 1.29 is 0 Å². The molecule has 1 saturated heterocycles. The first-order chi connectivity index (χ1) is 7.31. The lowest BCUT2D eigenvalue weighted by atomic mass is 10.3. The molecule has 84 valence electrons. The summed E-state index contributed by atoms with van der Waals surface area (Å²) in [6, 6.07) is 0. The van der Waals surface area contributed by atoms with E-state index in [9.17, 15) is 0 Å². The number of tetrazole rings is 1. The molecule has 7 heteroatoms. The van der Waals surface area contributed by atoms with Crippen molar-refractivity contribution in [3.05, 3.63) is 0 Å². The highest BCUT2D eigenvalue weighted by Gasteiger charge is 2.19. The molecule has 0 amide bonds. The van der Waals surface area contributed by atoms with Crippen LogP contribution in [0.15, 0.2) is 0 Å². The minimum atomic E-state index is 0.728. The van der Waals surface area contributed by atoms with E-state index in [0.717, 1.165) is 45.2 Å². The second-order valence-corrected chi connectivity index (χ2v) is 3.72. The van der Waals surface area contributed by atoms with Crippen molar-refractivity contribution in [2.75, 3.05) is 44.2 Å². The normalized spacial score (nSPS) is 18.4. The fourth-order valence-corrected chi connectivity index (χ4v) is 1.85. The number of nitrogens with zero attached hydrogens (tertiary/aromatic N) is 6. The molecular formula is C8H17N7. The Labute approximate surface area is 88.8 Å². The van der Waals surface area contributed by atoms with E-state index in [1.807, 2.05) is 7.05 Å². The number of hydrogen-bond acceptors (Lipinski definition) is 6. The van der Waals surface area contributed by atoms with Crippen molar-refractivity contribution in [1.82, 2.24) is 25.1 Å². The first-order valence-electron chi connectivity index (χ1n) is 5.21. The summed E-state index contributed by atoms with van der Waals surface area (Å²) >= 11 is 0. The SMILES string of the molecule is Cn1nnnc1N1CCN(CCN)CC1. The van der Waals surface area contributed by atoms with Gasteiger partial charge >= 0.3 is 0 Å².